The topological polar surface area (TPSA) is 103 Å². The lowest BCUT2D eigenvalue weighted by molar-refractivity contribution is -0.136. The molecule has 1 N–H and O–H groups in total. The van der Waals surface area contributed by atoms with Crippen LogP contribution in [0.25, 0.3) is 11.0 Å². The highest BCUT2D eigenvalue weighted by molar-refractivity contribution is 7.89. The molecule has 32 heavy (non-hydrogen) atoms. The fourth-order valence-electron chi connectivity index (χ4n) is 3.45. The van der Waals surface area contributed by atoms with Crippen LogP contribution < -0.4 is 15.1 Å². The molecule has 0 bridgehead atoms. The van der Waals surface area contributed by atoms with E-state index in [-0.39, 0.29) is 17.1 Å². The Bertz CT molecular complexity index is 1290. The van der Waals surface area contributed by atoms with Crippen molar-refractivity contribution in [1.82, 2.24) is 4.72 Å². The minimum absolute atomic E-state index is 0.0708. The minimum atomic E-state index is -3.90. The van der Waals surface area contributed by atoms with Crippen LogP contribution in [0.4, 0.5) is 0 Å². The molecule has 0 amide bonds. The molecule has 3 rings (SSSR count). The highest BCUT2D eigenvalue weighted by Gasteiger charge is 2.27. The molecule has 1 unspecified atom stereocenters. The summed E-state index contributed by atoms with van der Waals surface area (Å²) >= 11 is 0. The van der Waals surface area contributed by atoms with Gasteiger partial charge in [-0.15, -0.1) is 0 Å². The fourth-order valence-corrected chi connectivity index (χ4v) is 4.71. The Kier molecular flexibility index (Phi) is 7.16. The molecule has 8 heteroatoms. The van der Waals surface area contributed by atoms with Crippen molar-refractivity contribution in [2.24, 2.45) is 0 Å². The smallest absolute Gasteiger partial charge is 0.336 e. The number of esters is 1. The van der Waals surface area contributed by atoms with Gasteiger partial charge in [-0.25, -0.2) is 18.0 Å². The van der Waals surface area contributed by atoms with E-state index in [9.17, 15) is 18.0 Å². The van der Waals surface area contributed by atoms with Gasteiger partial charge < -0.3 is 9.15 Å². The number of hydrogen-bond donors (Lipinski definition) is 1. The molecule has 0 saturated carbocycles. The molecule has 7 nitrogen and oxygen atoms in total. The number of hydrogen-bond acceptors (Lipinski definition) is 6. The van der Waals surface area contributed by atoms with E-state index in [1.807, 2.05) is 13.8 Å². The summed E-state index contributed by atoms with van der Waals surface area (Å²) < 4.78 is 38.7. The first kappa shape index (κ1) is 23.7. The van der Waals surface area contributed by atoms with Gasteiger partial charge in [-0.3, -0.25) is 0 Å². The molecule has 0 aliphatic carbocycles. The Hall–Kier alpha value is -2.97. The largest absolute Gasteiger partial charge is 0.425 e. The summed E-state index contributed by atoms with van der Waals surface area (Å²) in [5, 5.41) is 0.788. The van der Waals surface area contributed by atoms with Crippen LogP contribution in [0.3, 0.4) is 0 Å². The third-order valence-corrected chi connectivity index (χ3v) is 6.74. The maximum absolute atomic E-state index is 12.8. The Morgan fingerprint density at radius 3 is 2.41 bits per heavy atom. The maximum Gasteiger partial charge on any atom is 0.336 e. The molecular weight excluding hydrogens is 430 g/mol. The molecule has 0 radical (unpaired) electrons. The number of aryl methyl sites for hydroxylation is 3. The van der Waals surface area contributed by atoms with E-state index in [0.29, 0.717) is 11.1 Å². The number of nitrogens with one attached hydrogen (secondary N) is 1. The number of fused-ring (bicyclic) bond motifs is 1. The highest BCUT2D eigenvalue weighted by atomic mass is 32.2. The van der Waals surface area contributed by atoms with E-state index in [2.05, 4.69) is 4.72 Å². The van der Waals surface area contributed by atoms with E-state index in [1.54, 1.807) is 38.1 Å². The van der Waals surface area contributed by atoms with Gasteiger partial charge in [0.1, 0.15) is 17.4 Å². The summed E-state index contributed by atoms with van der Waals surface area (Å²) in [6.45, 7) is 7.26. The molecule has 1 heterocycles. The zero-order valence-corrected chi connectivity index (χ0v) is 19.4. The summed E-state index contributed by atoms with van der Waals surface area (Å²) in [5.74, 6) is -0.523. The van der Waals surface area contributed by atoms with Gasteiger partial charge in [-0.05, 0) is 56.5 Å². The number of ether oxygens (including phenoxy) is 1. The van der Waals surface area contributed by atoms with E-state index in [4.69, 9.17) is 9.15 Å². The van der Waals surface area contributed by atoms with Gasteiger partial charge in [-0.2, -0.15) is 4.72 Å². The van der Waals surface area contributed by atoms with Crippen LogP contribution >= 0.6 is 0 Å². The molecule has 1 aromatic heterocycles. The van der Waals surface area contributed by atoms with Crippen LogP contribution in [0.1, 0.15) is 43.4 Å². The third kappa shape index (κ3) is 5.08. The highest BCUT2D eigenvalue weighted by Crippen LogP contribution is 2.29. The quantitative estimate of drug-likeness (QED) is 0.311. The average Bonchev–Trinajstić information content (AvgIpc) is 2.74. The zero-order chi connectivity index (χ0) is 23.5. The fraction of sp³-hybridized carbons (Fsp3) is 0.333. The molecule has 3 aromatic rings. The van der Waals surface area contributed by atoms with Crippen molar-refractivity contribution in [2.75, 3.05) is 0 Å². The lowest BCUT2D eigenvalue weighted by Crippen LogP contribution is -2.42. The Balaban J connectivity index is 1.87. The van der Waals surface area contributed by atoms with Crippen molar-refractivity contribution < 1.29 is 22.4 Å². The van der Waals surface area contributed by atoms with Crippen molar-refractivity contribution in [1.29, 1.82) is 0 Å². The molecule has 2 aromatic carbocycles. The van der Waals surface area contributed by atoms with Crippen LogP contribution in [-0.4, -0.2) is 20.4 Å². The zero-order valence-electron chi connectivity index (χ0n) is 18.6. The van der Waals surface area contributed by atoms with Gasteiger partial charge in [0.15, 0.2) is 0 Å². The van der Waals surface area contributed by atoms with Crippen LogP contribution in [0.5, 0.6) is 5.75 Å². The Morgan fingerprint density at radius 2 is 1.78 bits per heavy atom. The first-order valence-corrected chi connectivity index (χ1v) is 12.0. The first-order valence-electron chi connectivity index (χ1n) is 10.5. The van der Waals surface area contributed by atoms with Crippen molar-refractivity contribution in [3.05, 3.63) is 69.6 Å². The molecule has 0 saturated heterocycles. The molecule has 1 atom stereocenters. The van der Waals surface area contributed by atoms with E-state index in [0.717, 1.165) is 29.4 Å². The lowest BCUT2D eigenvalue weighted by Gasteiger charge is -2.17. The number of carbonyl (C=O) groups is 1. The van der Waals surface area contributed by atoms with Crippen LogP contribution in [0.2, 0.25) is 0 Å². The van der Waals surface area contributed by atoms with Crippen LogP contribution in [0.15, 0.2) is 56.6 Å². The Labute approximate surface area is 187 Å². The van der Waals surface area contributed by atoms with Crippen LogP contribution in [-0.2, 0) is 21.2 Å². The molecule has 0 aliphatic heterocycles. The molecular formula is C24H27NO6S. The number of benzene rings is 2. The van der Waals surface area contributed by atoms with Crippen molar-refractivity contribution in [2.45, 2.75) is 57.9 Å². The Morgan fingerprint density at radius 1 is 1.09 bits per heavy atom. The summed E-state index contributed by atoms with van der Waals surface area (Å²) in [6.07, 6.45) is 1.79. The van der Waals surface area contributed by atoms with Crippen molar-refractivity contribution in [3.8, 4) is 5.75 Å². The van der Waals surface area contributed by atoms with Crippen LogP contribution in [0, 0.1) is 13.8 Å². The summed E-state index contributed by atoms with van der Waals surface area (Å²) in [7, 11) is -3.90. The predicted molar refractivity (Wildman–Crippen MR) is 122 cm³/mol. The third-order valence-electron chi connectivity index (χ3n) is 5.25. The number of sulfonamides is 1. The van der Waals surface area contributed by atoms with Gasteiger partial charge in [0.25, 0.3) is 0 Å². The maximum atomic E-state index is 12.8. The SMILES string of the molecule is CCCc1cc(=O)oc2c(C)c(OC(=O)C(CC)NS(=O)(=O)c3ccc(C)cc3)ccc12. The van der Waals surface area contributed by atoms with Crippen molar-refractivity contribution >= 4 is 27.0 Å². The van der Waals surface area contributed by atoms with Gasteiger partial charge >= 0.3 is 11.6 Å². The standard InChI is InChI=1S/C24H27NO6S/c1-5-7-17-14-22(26)31-23-16(4)21(13-12-19(17)23)30-24(27)20(6-2)25-32(28,29)18-10-8-15(3)9-11-18/h8-14,20,25H,5-7H2,1-4H3. The lowest BCUT2D eigenvalue weighted by atomic mass is 10.0. The molecule has 0 fully saturated rings. The normalized spacial score (nSPS) is 12.6. The van der Waals surface area contributed by atoms with Gasteiger partial charge in [-0.1, -0.05) is 38.0 Å². The molecule has 0 aliphatic rings. The van der Waals surface area contributed by atoms with E-state index in [1.165, 1.54) is 18.2 Å². The molecule has 0 spiro atoms. The number of carbonyl (C=O) groups excluding carboxylic acids is 1. The molecule has 170 valence electrons. The monoisotopic (exact) mass is 457 g/mol. The minimum Gasteiger partial charge on any atom is -0.425 e. The van der Waals surface area contributed by atoms with E-state index >= 15 is 0 Å². The first-order chi connectivity index (χ1) is 15.2. The van der Waals surface area contributed by atoms with Crippen molar-refractivity contribution in [3.63, 3.8) is 0 Å². The predicted octanol–water partition coefficient (Wildman–Crippen LogP) is 4.02. The second-order valence-corrected chi connectivity index (χ2v) is 9.44. The summed E-state index contributed by atoms with van der Waals surface area (Å²) in [4.78, 5) is 24.8. The van der Waals surface area contributed by atoms with E-state index < -0.39 is 27.7 Å². The second kappa shape index (κ2) is 9.67. The number of rotatable bonds is 8. The average molecular weight is 458 g/mol. The second-order valence-electron chi connectivity index (χ2n) is 7.72. The van der Waals surface area contributed by atoms with Gasteiger partial charge in [0.05, 0.1) is 4.90 Å². The summed E-state index contributed by atoms with van der Waals surface area (Å²) in [6, 6.07) is 10.1. The van der Waals surface area contributed by atoms with Gasteiger partial charge in [0.2, 0.25) is 10.0 Å². The van der Waals surface area contributed by atoms with Gasteiger partial charge in [0, 0.05) is 17.0 Å². The summed E-state index contributed by atoms with van der Waals surface area (Å²) in [5.41, 5.74) is 2.19.